The van der Waals surface area contributed by atoms with Crippen molar-refractivity contribution in [2.45, 2.75) is 6.54 Å². The van der Waals surface area contributed by atoms with Crippen LogP contribution in [0.5, 0.6) is 0 Å². The number of hydrogen-bond donors (Lipinski definition) is 0. The van der Waals surface area contributed by atoms with Gasteiger partial charge in [0.25, 0.3) is 0 Å². The van der Waals surface area contributed by atoms with Gasteiger partial charge in [-0.2, -0.15) is 5.10 Å². The van der Waals surface area contributed by atoms with E-state index in [0.29, 0.717) is 12.2 Å². The number of aromatic nitrogens is 2. The molecule has 0 saturated heterocycles. The molecule has 0 aliphatic rings. The molecule has 0 aliphatic heterocycles. The predicted molar refractivity (Wildman–Crippen MR) is 59.1 cm³/mol. The van der Waals surface area contributed by atoms with E-state index in [4.69, 9.17) is 0 Å². The summed E-state index contributed by atoms with van der Waals surface area (Å²) in [7, 11) is 1.36. The van der Waals surface area contributed by atoms with Gasteiger partial charge in [-0.1, -0.05) is 30.3 Å². The maximum Gasteiger partial charge on any atom is 0.356 e. The first-order chi connectivity index (χ1) is 7.81. The molecule has 0 unspecified atom stereocenters. The highest BCUT2D eigenvalue weighted by atomic mass is 16.5. The summed E-state index contributed by atoms with van der Waals surface area (Å²) < 4.78 is 6.30. The van der Waals surface area contributed by atoms with Crippen LogP contribution in [0, 0.1) is 0 Å². The molecule has 0 atom stereocenters. The van der Waals surface area contributed by atoms with E-state index in [-0.39, 0.29) is 5.97 Å². The lowest BCUT2D eigenvalue weighted by Gasteiger charge is -2.05. The minimum atomic E-state index is -0.367. The van der Waals surface area contributed by atoms with Gasteiger partial charge in [-0.05, 0) is 11.6 Å². The summed E-state index contributed by atoms with van der Waals surface area (Å²) in [6.07, 6.45) is 1.59. The van der Waals surface area contributed by atoms with Gasteiger partial charge in [-0.15, -0.1) is 0 Å². The van der Waals surface area contributed by atoms with E-state index in [9.17, 15) is 4.79 Å². The molecule has 0 N–H and O–H groups in total. The molecule has 0 amide bonds. The van der Waals surface area contributed by atoms with Crippen molar-refractivity contribution in [1.29, 1.82) is 0 Å². The second kappa shape index (κ2) is 4.61. The normalized spacial score (nSPS) is 10.1. The molecule has 82 valence electrons. The van der Waals surface area contributed by atoms with E-state index in [2.05, 4.69) is 9.84 Å². The van der Waals surface area contributed by atoms with E-state index < -0.39 is 0 Å². The maximum atomic E-state index is 11.4. The van der Waals surface area contributed by atoms with Crippen molar-refractivity contribution in [1.82, 2.24) is 9.78 Å². The molecule has 4 nitrogen and oxygen atoms in total. The van der Waals surface area contributed by atoms with Crippen LogP contribution >= 0.6 is 0 Å². The molecular formula is C12H12N2O2. The van der Waals surface area contributed by atoms with Crippen LogP contribution in [0.15, 0.2) is 42.6 Å². The van der Waals surface area contributed by atoms with Crippen molar-refractivity contribution in [2.75, 3.05) is 7.11 Å². The van der Waals surface area contributed by atoms with Gasteiger partial charge in [-0.3, -0.25) is 4.68 Å². The van der Waals surface area contributed by atoms with Crippen LogP contribution < -0.4 is 0 Å². The van der Waals surface area contributed by atoms with Gasteiger partial charge < -0.3 is 4.74 Å². The zero-order valence-electron chi connectivity index (χ0n) is 8.96. The number of esters is 1. The first-order valence-corrected chi connectivity index (χ1v) is 4.95. The molecule has 1 aromatic carbocycles. The molecule has 0 spiro atoms. The monoisotopic (exact) mass is 216 g/mol. The predicted octanol–water partition coefficient (Wildman–Crippen LogP) is 1.72. The standard InChI is InChI=1S/C12H12N2O2/c1-16-12(15)11-7-8-13-14(11)9-10-5-3-2-4-6-10/h2-8H,9H2,1H3. The fourth-order valence-corrected chi connectivity index (χ4v) is 1.49. The molecule has 2 aromatic rings. The van der Waals surface area contributed by atoms with Gasteiger partial charge >= 0.3 is 5.97 Å². The maximum absolute atomic E-state index is 11.4. The van der Waals surface area contributed by atoms with Crippen molar-refractivity contribution in [3.63, 3.8) is 0 Å². The number of carbonyl (C=O) groups excluding carboxylic acids is 1. The minimum absolute atomic E-state index is 0.367. The SMILES string of the molecule is COC(=O)c1ccnn1Cc1ccccc1. The third-order valence-electron chi connectivity index (χ3n) is 2.29. The topological polar surface area (TPSA) is 44.1 Å². The second-order valence-electron chi connectivity index (χ2n) is 3.35. The first-order valence-electron chi connectivity index (χ1n) is 4.95. The van der Waals surface area contributed by atoms with E-state index >= 15 is 0 Å². The largest absolute Gasteiger partial charge is 0.464 e. The van der Waals surface area contributed by atoms with E-state index in [1.807, 2.05) is 30.3 Å². The Hall–Kier alpha value is -2.10. The molecule has 0 aliphatic carbocycles. The van der Waals surface area contributed by atoms with Gasteiger partial charge in [0.2, 0.25) is 0 Å². The zero-order valence-corrected chi connectivity index (χ0v) is 8.96. The van der Waals surface area contributed by atoms with Crippen molar-refractivity contribution in [2.24, 2.45) is 0 Å². The summed E-state index contributed by atoms with van der Waals surface area (Å²) in [5.41, 5.74) is 1.56. The van der Waals surface area contributed by atoms with E-state index in [1.54, 1.807) is 16.9 Å². The van der Waals surface area contributed by atoms with Crippen LogP contribution in [0.25, 0.3) is 0 Å². The van der Waals surface area contributed by atoms with E-state index in [1.165, 1.54) is 7.11 Å². The van der Waals surface area contributed by atoms with Gasteiger partial charge in [0.1, 0.15) is 5.69 Å². The fraction of sp³-hybridized carbons (Fsp3) is 0.167. The van der Waals surface area contributed by atoms with Gasteiger partial charge in [0, 0.05) is 6.20 Å². The van der Waals surface area contributed by atoms with Crippen LogP contribution in [0.3, 0.4) is 0 Å². The fourth-order valence-electron chi connectivity index (χ4n) is 1.49. The highest BCUT2D eigenvalue weighted by molar-refractivity contribution is 5.87. The van der Waals surface area contributed by atoms with Gasteiger partial charge in [0.05, 0.1) is 13.7 Å². The number of hydrogen-bond acceptors (Lipinski definition) is 3. The summed E-state index contributed by atoms with van der Waals surface area (Å²) in [6.45, 7) is 0.568. The molecule has 0 saturated carbocycles. The first kappa shape index (κ1) is 10.4. The quantitative estimate of drug-likeness (QED) is 0.734. The highest BCUT2D eigenvalue weighted by Gasteiger charge is 2.11. The Labute approximate surface area is 93.5 Å². The van der Waals surface area contributed by atoms with Crippen LogP contribution in [-0.4, -0.2) is 22.9 Å². The van der Waals surface area contributed by atoms with Crippen molar-refractivity contribution in [3.05, 3.63) is 53.9 Å². The number of carbonyl (C=O) groups is 1. The average molecular weight is 216 g/mol. The van der Waals surface area contributed by atoms with E-state index in [0.717, 1.165) is 5.56 Å². The summed E-state index contributed by atoms with van der Waals surface area (Å²) in [4.78, 5) is 11.4. The Bertz CT molecular complexity index is 477. The van der Waals surface area contributed by atoms with Crippen molar-refractivity contribution < 1.29 is 9.53 Å². The third-order valence-corrected chi connectivity index (χ3v) is 2.29. The molecule has 2 rings (SSSR count). The smallest absolute Gasteiger partial charge is 0.356 e. The summed E-state index contributed by atoms with van der Waals surface area (Å²) in [6, 6.07) is 11.5. The lowest BCUT2D eigenvalue weighted by atomic mass is 10.2. The number of rotatable bonds is 3. The van der Waals surface area contributed by atoms with Crippen LogP contribution in [0.1, 0.15) is 16.1 Å². The molecular weight excluding hydrogens is 204 g/mol. The van der Waals surface area contributed by atoms with Crippen molar-refractivity contribution >= 4 is 5.97 Å². The Morgan fingerprint density at radius 2 is 2.06 bits per heavy atom. The Morgan fingerprint density at radius 1 is 1.31 bits per heavy atom. The van der Waals surface area contributed by atoms with Crippen LogP contribution in [0.2, 0.25) is 0 Å². The molecule has 0 fully saturated rings. The van der Waals surface area contributed by atoms with Crippen molar-refractivity contribution in [3.8, 4) is 0 Å². The Balaban J connectivity index is 2.22. The lowest BCUT2D eigenvalue weighted by molar-refractivity contribution is 0.0587. The number of ether oxygens (including phenoxy) is 1. The van der Waals surface area contributed by atoms with Gasteiger partial charge in [0.15, 0.2) is 0 Å². The molecule has 4 heteroatoms. The zero-order chi connectivity index (χ0) is 11.4. The van der Waals surface area contributed by atoms with Crippen LogP contribution in [0.4, 0.5) is 0 Å². The molecule has 0 bridgehead atoms. The number of methoxy groups -OCH3 is 1. The molecule has 16 heavy (non-hydrogen) atoms. The minimum Gasteiger partial charge on any atom is -0.464 e. The Morgan fingerprint density at radius 3 is 2.75 bits per heavy atom. The second-order valence-corrected chi connectivity index (χ2v) is 3.35. The highest BCUT2D eigenvalue weighted by Crippen LogP contribution is 2.06. The summed E-state index contributed by atoms with van der Waals surface area (Å²) >= 11 is 0. The third kappa shape index (κ3) is 2.11. The summed E-state index contributed by atoms with van der Waals surface area (Å²) in [5, 5.41) is 4.10. The molecule has 1 aromatic heterocycles. The average Bonchev–Trinajstić information content (AvgIpc) is 2.77. The molecule has 0 radical (unpaired) electrons. The van der Waals surface area contributed by atoms with Crippen LogP contribution in [-0.2, 0) is 11.3 Å². The lowest BCUT2D eigenvalue weighted by Crippen LogP contribution is -2.12. The Kier molecular flexibility index (Phi) is 3.00. The number of benzene rings is 1. The number of nitrogens with zero attached hydrogens (tertiary/aromatic N) is 2. The molecule has 1 heterocycles. The summed E-state index contributed by atoms with van der Waals surface area (Å²) in [5.74, 6) is -0.367. The van der Waals surface area contributed by atoms with Gasteiger partial charge in [-0.25, -0.2) is 4.79 Å².